The predicted octanol–water partition coefficient (Wildman–Crippen LogP) is 2.11. The molecular weight excluding hydrogens is 282 g/mol. The van der Waals surface area contributed by atoms with E-state index in [1.165, 1.54) is 6.20 Å². The van der Waals surface area contributed by atoms with Gasteiger partial charge in [0.05, 0.1) is 24.5 Å². The lowest BCUT2D eigenvalue weighted by molar-refractivity contribution is 0.0938. The maximum Gasteiger partial charge on any atom is 0.252 e. The van der Waals surface area contributed by atoms with Gasteiger partial charge in [-0.15, -0.1) is 0 Å². The van der Waals surface area contributed by atoms with Gasteiger partial charge in [0.15, 0.2) is 0 Å². The first-order chi connectivity index (χ1) is 10.6. The summed E-state index contributed by atoms with van der Waals surface area (Å²) in [6.07, 6.45) is 3.14. The molecule has 0 spiro atoms. The third-order valence-electron chi connectivity index (χ3n) is 3.24. The van der Waals surface area contributed by atoms with Gasteiger partial charge in [-0.1, -0.05) is 0 Å². The standard InChI is InChI=1S/C16H21N3O3/c1-4-21-15-8-7-12(10-17-15)16(20)18-11-13(19(2)3)14-6-5-9-22-14/h5-10,13H,4,11H2,1-3H3,(H,18,20)/t13-/m1/s1. The van der Waals surface area contributed by atoms with E-state index < -0.39 is 0 Å². The summed E-state index contributed by atoms with van der Waals surface area (Å²) in [5, 5.41) is 2.90. The van der Waals surface area contributed by atoms with Crippen molar-refractivity contribution in [3.63, 3.8) is 0 Å². The number of carbonyl (C=O) groups excluding carboxylic acids is 1. The molecule has 6 nitrogen and oxygen atoms in total. The van der Waals surface area contributed by atoms with Gasteiger partial charge in [0, 0.05) is 18.8 Å². The van der Waals surface area contributed by atoms with Crippen LogP contribution in [-0.4, -0.2) is 43.0 Å². The van der Waals surface area contributed by atoms with Crippen LogP contribution in [0.1, 0.15) is 29.1 Å². The predicted molar refractivity (Wildman–Crippen MR) is 82.9 cm³/mol. The van der Waals surface area contributed by atoms with Crippen LogP contribution in [0.4, 0.5) is 0 Å². The highest BCUT2D eigenvalue weighted by Gasteiger charge is 2.18. The van der Waals surface area contributed by atoms with Crippen LogP contribution in [0.3, 0.4) is 0 Å². The molecule has 1 N–H and O–H groups in total. The van der Waals surface area contributed by atoms with Crippen molar-refractivity contribution in [1.82, 2.24) is 15.2 Å². The molecule has 2 rings (SSSR count). The average Bonchev–Trinajstić information content (AvgIpc) is 3.02. The third kappa shape index (κ3) is 4.08. The van der Waals surface area contributed by atoms with Gasteiger partial charge in [-0.3, -0.25) is 9.69 Å². The smallest absolute Gasteiger partial charge is 0.252 e. The van der Waals surface area contributed by atoms with Crippen LogP contribution in [-0.2, 0) is 0 Å². The Morgan fingerprint density at radius 3 is 2.77 bits per heavy atom. The highest BCUT2D eigenvalue weighted by atomic mass is 16.5. The van der Waals surface area contributed by atoms with E-state index in [4.69, 9.17) is 9.15 Å². The fourth-order valence-electron chi connectivity index (χ4n) is 2.06. The molecule has 0 aliphatic carbocycles. The molecular formula is C16H21N3O3. The van der Waals surface area contributed by atoms with Gasteiger partial charge in [-0.05, 0) is 39.2 Å². The van der Waals surface area contributed by atoms with Crippen LogP contribution < -0.4 is 10.1 Å². The fraction of sp³-hybridized carbons (Fsp3) is 0.375. The molecule has 1 atom stereocenters. The van der Waals surface area contributed by atoms with Crippen LogP contribution in [0.15, 0.2) is 41.1 Å². The highest BCUT2D eigenvalue weighted by Crippen LogP contribution is 2.17. The van der Waals surface area contributed by atoms with Gasteiger partial charge < -0.3 is 14.5 Å². The Labute approximate surface area is 130 Å². The number of ether oxygens (including phenoxy) is 1. The first-order valence-electron chi connectivity index (χ1n) is 7.18. The zero-order chi connectivity index (χ0) is 15.9. The molecule has 0 saturated carbocycles. The second-order valence-corrected chi connectivity index (χ2v) is 5.02. The van der Waals surface area contributed by atoms with Crippen molar-refractivity contribution in [2.75, 3.05) is 27.2 Å². The van der Waals surface area contributed by atoms with Gasteiger partial charge in [-0.25, -0.2) is 4.98 Å². The van der Waals surface area contributed by atoms with E-state index in [2.05, 4.69) is 10.3 Å². The third-order valence-corrected chi connectivity index (χ3v) is 3.24. The average molecular weight is 303 g/mol. The summed E-state index contributed by atoms with van der Waals surface area (Å²) in [7, 11) is 3.88. The van der Waals surface area contributed by atoms with Gasteiger partial charge in [0.25, 0.3) is 5.91 Å². The van der Waals surface area contributed by atoms with Crippen LogP contribution in [0.5, 0.6) is 5.88 Å². The first-order valence-corrected chi connectivity index (χ1v) is 7.18. The molecule has 22 heavy (non-hydrogen) atoms. The molecule has 0 radical (unpaired) electrons. The van der Waals surface area contributed by atoms with E-state index in [9.17, 15) is 4.79 Å². The Morgan fingerprint density at radius 1 is 1.41 bits per heavy atom. The number of likely N-dealkylation sites (N-methyl/N-ethyl adjacent to an activating group) is 1. The number of carbonyl (C=O) groups is 1. The van der Waals surface area contributed by atoms with E-state index in [0.717, 1.165) is 5.76 Å². The lowest BCUT2D eigenvalue weighted by Crippen LogP contribution is -2.34. The maximum absolute atomic E-state index is 12.2. The summed E-state index contributed by atoms with van der Waals surface area (Å²) in [4.78, 5) is 18.3. The number of nitrogens with one attached hydrogen (secondary N) is 1. The fourth-order valence-corrected chi connectivity index (χ4v) is 2.06. The van der Waals surface area contributed by atoms with Gasteiger partial charge in [0.2, 0.25) is 5.88 Å². The molecule has 0 aromatic carbocycles. The number of rotatable bonds is 7. The van der Waals surface area contributed by atoms with Gasteiger partial charge >= 0.3 is 0 Å². The molecule has 0 fully saturated rings. The van der Waals surface area contributed by atoms with Crippen molar-refractivity contribution in [3.05, 3.63) is 48.0 Å². The van der Waals surface area contributed by atoms with Gasteiger partial charge in [-0.2, -0.15) is 0 Å². The summed E-state index contributed by atoms with van der Waals surface area (Å²) in [6.45, 7) is 2.89. The Morgan fingerprint density at radius 2 is 2.23 bits per heavy atom. The van der Waals surface area contributed by atoms with E-state index in [1.54, 1.807) is 18.4 Å². The molecule has 2 heterocycles. The molecule has 0 aliphatic rings. The zero-order valence-electron chi connectivity index (χ0n) is 13.1. The molecule has 118 valence electrons. The molecule has 0 bridgehead atoms. The highest BCUT2D eigenvalue weighted by molar-refractivity contribution is 5.93. The number of hydrogen-bond acceptors (Lipinski definition) is 5. The summed E-state index contributed by atoms with van der Waals surface area (Å²) in [5.74, 6) is 1.16. The number of furan rings is 1. The molecule has 2 aromatic rings. The number of hydrogen-bond donors (Lipinski definition) is 1. The minimum Gasteiger partial charge on any atom is -0.478 e. The topological polar surface area (TPSA) is 67.6 Å². The number of nitrogens with zero attached hydrogens (tertiary/aromatic N) is 2. The molecule has 6 heteroatoms. The Kier molecular flexibility index (Phi) is 5.55. The van der Waals surface area contributed by atoms with Crippen LogP contribution >= 0.6 is 0 Å². The van der Waals surface area contributed by atoms with Crippen LogP contribution in [0.2, 0.25) is 0 Å². The first kappa shape index (κ1) is 16.0. The molecule has 1 amide bonds. The van der Waals surface area contributed by atoms with Crippen LogP contribution in [0, 0.1) is 0 Å². The van der Waals surface area contributed by atoms with Crippen molar-refractivity contribution in [3.8, 4) is 5.88 Å². The van der Waals surface area contributed by atoms with E-state index in [0.29, 0.717) is 24.6 Å². The van der Waals surface area contributed by atoms with Crippen molar-refractivity contribution in [2.24, 2.45) is 0 Å². The lowest BCUT2D eigenvalue weighted by Gasteiger charge is -2.22. The summed E-state index contributed by atoms with van der Waals surface area (Å²) in [5.41, 5.74) is 0.500. The summed E-state index contributed by atoms with van der Waals surface area (Å²) >= 11 is 0. The molecule has 0 saturated heterocycles. The second kappa shape index (κ2) is 7.61. The minimum atomic E-state index is -0.172. The molecule has 2 aromatic heterocycles. The monoisotopic (exact) mass is 303 g/mol. The Hall–Kier alpha value is -2.34. The number of amides is 1. The summed E-state index contributed by atoms with van der Waals surface area (Å²) < 4.78 is 10.7. The largest absolute Gasteiger partial charge is 0.478 e. The minimum absolute atomic E-state index is 0.0189. The number of pyridine rings is 1. The number of aromatic nitrogens is 1. The maximum atomic E-state index is 12.2. The van der Waals surface area contributed by atoms with E-state index in [1.807, 2.05) is 38.1 Å². The second-order valence-electron chi connectivity index (χ2n) is 5.02. The van der Waals surface area contributed by atoms with Crippen molar-refractivity contribution >= 4 is 5.91 Å². The Balaban J connectivity index is 1.96. The van der Waals surface area contributed by atoms with Crippen LogP contribution in [0.25, 0.3) is 0 Å². The van der Waals surface area contributed by atoms with Crippen molar-refractivity contribution in [1.29, 1.82) is 0 Å². The van der Waals surface area contributed by atoms with Gasteiger partial charge in [0.1, 0.15) is 5.76 Å². The molecule has 0 aliphatic heterocycles. The quantitative estimate of drug-likeness (QED) is 0.848. The Bertz CT molecular complexity index is 579. The molecule has 0 unspecified atom stereocenters. The SMILES string of the molecule is CCOc1ccc(C(=O)NC[C@H](c2ccco2)N(C)C)cn1. The van der Waals surface area contributed by atoms with E-state index in [-0.39, 0.29) is 11.9 Å². The van der Waals surface area contributed by atoms with Crippen molar-refractivity contribution < 1.29 is 13.9 Å². The normalized spacial score (nSPS) is 12.2. The van der Waals surface area contributed by atoms with E-state index >= 15 is 0 Å². The summed E-state index contributed by atoms with van der Waals surface area (Å²) in [6, 6.07) is 7.10. The zero-order valence-corrected chi connectivity index (χ0v) is 13.1. The lowest BCUT2D eigenvalue weighted by atomic mass is 10.2. The van der Waals surface area contributed by atoms with Crippen molar-refractivity contribution in [2.45, 2.75) is 13.0 Å².